The highest BCUT2D eigenvalue weighted by Gasteiger charge is 2.46. The van der Waals surface area contributed by atoms with E-state index in [-0.39, 0.29) is 11.8 Å². The summed E-state index contributed by atoms with van der Waals surface area (Å²) < 4.78 is 10.6. The maximum atomic E-state index is 13.1. The molecule has 0 fully saturated rings. The smallest absolute Gasteiger partial charge is 0.261 e. The monoisotopic (exact) mass is 376 g/mol. The van der Waals surface area contributed by atoms with E-state index in [9.17, 15) is 9.59 Å². The molecule has 142 valence electrons. The summed E-state index contributed by atoms with van der Waals surface area (Å²) in [4.78, 5) is 29.3. The van der Waals surface area contributed by atoms with E-state index in [1.807, 2.05) is 48.5 Å². The van der Waals surface area contributed by atoms with Crippen LogP contribution in [0.5, 0.6) is 11.5 Å². The zero-order valence-electron chi connectivity index (χ0n) is 16.1. The maximum Gasteiger partial charge on any atom is 0.261 e. The highest BCUT2D eigenvalue weighted by molar-refractivity contribution is 6.30. The van der Waals surface area contributed by atoms with Gasteiger partial charge in [-0.1, -0.05) is 24.3 Å². The fraction of sp³-hybridized carbons (Fsp3) is 0.182. The summed E-state index contributed by atoms with van der Waals surface area (Å²) in [6.07, 6.45) is 0. The van der Waals surface area contributed by atoms with Crippen molar-refractivity contribution in [1.29, 1.82) is 0 Å². The lowest BCUT2D eigenvalue weighted by Crippen LogP contribution is -2.25. The van der Waals surface area contributed by atoms with Gasteiger partial charge in [-0.15, -0.1) is 0 Å². The summed E-state index contributed by atoms with van der Waals surface area (Å²) in [7, 11) is 6.54. The van der Waals surface area contributed by atoms with Crippen molar-refractivity contribution in [3.05, 3.63) is 70.8 Å². The van der Waals surface area contributed by atoms with E-state index in [2.05, 4.69) is 0 Å². The number of hydrogen-bond acceptors (Lipinski definition) is 4. The largest absolute Gasteiger partial charge is 0.497 e. The molecular formula is C22H20N2O4. The summed E-state index contributed by atoms with van der Waals surface area (Å²) >= 11 is 0. The van der Waals surface area contributed by atoms with Crippen LogP contribution in [-0.4, -0.2) is 49.9 Å². The molecule has 0 atom stereocenters. The molecule has 2 heterocycles. The predicted molar refractivity (Wildman–Crippen MR) is 105 cm³/mol. The van der Waals surface area contributed by atoms with Crippen LogP contribution < -0.4 is 9.47 Å². The molecule has 0 N–H and O–H groups in total. The van der Waals surface area contributed by atoms with Gasteiger partial charge in [-0.2, -0.15) is 0 Å². The Morgan fingerprint density at radius 2 is 1.07 bits per heavy atom. The third kappa shape index (κ3) is 2.49. The lowest BCUT2D eigenvalue weighted by atomic mass is 10.0. The van der Waals surface area contributed by atoms with Crippen LogP contribution in [0.3, 0.4) is 0 Å². The van der Waals surface area contributed by atoms with Crippen molar-refractivity contribution in [2.75, 3.05) is 28.3 Å². The van der Waals surface area contributed by atoms with Crippen molar-refractivity contribution in [2.45, 2.75) is 0 Å². The first-order chi connectivity index (χ1) is 13.5. The molecule has 0 radical (unpaired) electrons. The average Bonchev–Trinajstić information content (AvgIpc) is 3.13. The number of methoxy groups -OCH3 is 2. The quantitative estimate of drug-likeness (QED) is 0.823. The van der Waals surface area contributed by atoms with Gasteiger partial charge in [0.15, 0.2) is 0 Å². The second-order valence-electron chi connectivity index (χ2n) is 6.64. The van der Waals surface area contributed by atoms with Gasteiger partial charge in [0.1, 0.15) is 11.5 Å². The lowest BCUT2D eigenvalue weighted by Gasteiger charge is -2.20. The molecule has 0 bridgehead atoms. The molecule has 0 unspecified atom stereocenters. The summed E-state index contributed by atoms with van der Waals surface area (Å²) in [6, 6.07) is 14.7. The van der Waals surface area contributed by atoms with Crippen molar-refractivity contribution in [3.8, 4) is 11.5 Å². The Hall–Kier alpha value is -3.54. The van der Waals surface area contributed by atoms with Gasteiger partial charge in [-0.25, -0.2) is 0 Å². The average molecular weight is 376 g/mol. The fourth-order valence-corrected chi connectivity index (χ4v) is 3.74. The van der Waals surface area contributed by atoms with E-state index in [1.54, 1.807) is 28.3 Å². The Balaban J connectivity index is 1.97. The number of likely N-dealkylation sites (N-methyl/N-ethyl adjacent to an activating group) is 2. The normalized spacial score (nSPS) is 16.3. The summed E-state index contributed by atoms with van der Waals surface area (Å²) in [5.74, 6) is 0.915. The van der Waals surface area contributed by atoms with Gasteiger partial charge in [-0.3, -0.25) is 9.59 Å². The fourth-order valence-electron chi connectivity index (χ4n) is 3.74. The van der Waals surface area contributed by atoms with Crippen LogP contribution in [-0.2, 0) is 9.59 Å². The van der Waals surface area contributed by atoms with E-state index in [0.717, 1.165) is 11.1 Å². The Labute approximate surface area is 163 Å². The first-order valence-electron chi connectivity index (χ1n) is 8.81. The van der Waals surface area contributed by atoms with Crippen LogP contribution >= 0.6 is 0 Å². The number of rotatable bonds is 4. The Bertz CT molecular complexity index is 982. The van der Waals surface area contributed by atoms with E-state index >= 15 is 0 Å². The van der Waals surface area contributed by atoms with Crippen LogP contribution in [0.4, 0.5) is 0 Å². The second kappa shape index (κ2) is 6.56. The van der Waals surface area contributed by atoms with Crippen molar-refractivity contribution in [2.24, 2.45) is 0 Å². The van der Waals surface area contributed by atoms with Gasteiger partial charge in [0.05, 0.1) is 36.8 Å². The number of hydrogen-bond donors (Lipinski definition) is 0. The van der Waals surface area contributed by atoms with Crippen LogP contribution in [0.2, 0.25) is 0 Å². The first kappa shape index (κ1) is 17.9. The Morgan fingerprint density at radius 1 is 0.679 bits per heavy atom. The highest BCUT2D eigenvalue weighted by atomic mass is 16.5. The van der Waals surface area contributed by atoms with Gasteiger partial charge < -0.3 is 19.3 Å². The zero-order valence-corrected chi connectivity index (χ0v) is 16.1. The molecule has 4 rings (SSSR count). The van der Waals surface area contributed by atoms with Crippen LogP contribution in [0, 0.1) is 0 Å². The maximum absolute atomic E-state index is 13.1. The summed E-state index contributed by atoms with van der Waals surface area (Å²) in [6.45, 7) is 0. The molecule has 0 aromatic heterocycles. The molecule has 0 aliphatic carbocycles. The van der Waals surface area contributed by atoms with Crippen molar-refractivity contribution >= 4 is 23.2 Å². The first-order valence-corrected chi connectivity index (χ1v) is 8.81. The molecule has 2 aromatic carbocycles. The van der Waals surface area contributed by atoms with E-state index in [1.165, 1.54) is 9.80 Å². The summed E-state index contributed by atoms with van der Waals surface area (Å²) in [5.41, 5.74) is 3.53. The number of benzene rings is 2. The van der Waals surface area contributed by atoms with E-state index in [0.29, 0.717) is 34.0 Å². The minimum Gasteiger partial charge on any atom is -0.497 e. The van der Waals surface area contributed by atoms with Crippen LogP contribution in [0.15, 0.2) is 59.7 Å². The molecule has 2 aromatic rings. The highest BCUT2D eigenvalue weighted by Crippen LogP contribution is 2.45. The summed E-state index contributed by atoms with van der Waals surface area (Å²) in [5, 5.41) is 0. The lowest BCUT2D eigenvalue weighted by molar-refractivity contribution is -0.123. The molecule has 0 saturated heterocycles. The van der Waals surface area contributed by atoms with Crippen LogP contribution in [0.25, 0.3) is 11.4 Å². The number of nitrogens with zero attached hydrogens (tertiary/aromatic N) is 2. The van der Waals surface area contributed by atoms with E-state index in [4.69, 9.17) is 9.47 Å². The molecule has 2 aliphatic heterocycles. The van der Waals surface area contributed by atoms with Crippen LogP contribution in [0.1, 0.15) is 11.1 Å². The molecule has 2 amide bonds. The van der Waals surface area contributed by atoms with Gasteiger partial charge in [0.2, 0.25) is 0 Å². The minimum absolute atomic E-state index is 0.205. The number of amides is 2. The SMILES string of the molecule is COc1cccc(C2=C3C(=O)N(C)C(c4cccc(OC)c4)=C3C(=O)N2C)c1. The zero-order chi connectivity index (χ0) is 20.0. The third-order valence-electron chi connectivity index (χ3n) is 5.12. The Kier molecular flexibility index (Phi) is 4.19. The molecule has 0 saturated carbocycles. The van der Waals surface area contributed by atoms with Gasteiger partial charge >= 0.3 is 0 Å². The molecule has 0 spiro atoms. The van der Waals surface area contributed by atoms with E-state index < -0.39 is 0 Å². The van der Waals surface area contributed by atoms with Gasteiger partial charge in [-0.05, 0) is 24.3 Å². The van der Waals surface area contributed by atoms with Crippen molar-refractivity contribution in [1.82, 2.24) is 9.80 Å². The number of carbonyl (C=O) groups is 2. The van der Waals surface area contributed by atoms with Crippen molar-refractivity contribution < 1.29 is 19.1 Å². The predicted octanol–water partition coefficient (Wildman–Crippen LogP) is 2.77. The standard InChI is InChI=1S/C22H20N2O4/c1-23-19(13-7-5-9-15(11-13)27-3)17-18(21(23)25)20(24(2)22(17)26)14-8-6-10-16(12-14)28-4/h5-12H,1-4H3. The van der Waals surface area contributed by atoms with Gasteiger partial charge in [0.25, 0.3) is 11.8 Å². The molecule has 6 nitrogen and oxygen atoms in total. The number of carbonyl (C=O) groups excluding carboxylic acids is 2. The molecular weight excluding hydrogens is 356 g/mol. The third-order valence-corrected chi connectivity index (χ3v) is 5.12. The topological polar surface area (TPSA) is 59.1 Å². The molecule has 28 heavy (non-hydrogen) atoms. The minimum atomic E-state index is -0.205. The molecule has 2 aliphatic rings. The Morgan fingerprint density at radius 3 is 1.43 bits per heavy atom. The van der Waals surface area contributed by atoms with Gasteiger partial charge in [0, 0.05) is 25.2 Å². The number of ether oxygens (including phenoxy) is 2. The van der Waals surface area contributed by atoms with Crippen molar-refractivity contribution in [3.63, 3.8) is 0 Å². The second-order valence-corrected chi connectivity index (χ2v) is 6.64. The molecule has 6 heteroatoms. The number of fused-ring (bicyclic) bond motifs is 1.